The van der Waals surface area contributed by atoms with Crippen LogP contribution in [0, 0.1) is 5.92 Å². The van der Waals surface area contributed by atoms with Crippen molar-refractivity contribution in [3.8, 4) is 0 Å². The zero-order valence-electron chi connectivity index (χ0n) is 15.3. The van der Waals surface area contributed by atoms with Crippen LogP contribution in [0.5, 0.6) is 0 Å². The fourth-order valence-corrected chi connectivity index (χ4v) is 3.35. The van der Waals surface area contributed by atoms with Gasteiger partial charge in [-0.2, -0.15) is 0 Å². The Morgan fingerprint density at radius 2 is 2.08 bits per heavy atom. The first kappa shape index (κ1) is 22.8. The van der Waals surface area contributed by atoms with E-state index in [4.69, 9.17) is 27.9 Å². The van der Waals surface area contributed by atoms with Crippen LogP contribution in [-0.2, 0) is 10.2 Å². The molecule has 1 N–H and O–H groups in total. The van der Waals surface area contributed by atoms with Crippen LogP contribution in [0.1, 0.15) is 25.8 Å². The van der Waals surface area contributed by atoms with Crippen molar-refractivity contribution in [1.29, 1.82) is 0 Å². The molecule has 1 unspecified atom stereocenters. The highest BCUT2D eigenvalue weighted by Gasteiger charge is 2.27. The topological polar surface area (TPSA) is 36.9 Å². The zero-order chi connectivity index (χ0) is 17.7. The van der Waals surface area contributed by atoms with E-state index in [0.29, 0.717) is 16.0 Å². The molecular weight excluding hydrogens is 472 g/mol. The molecule has 142 valence electrons. The minimum Gasteiger partial charge on any atom is -0.384 e. The number of methoxy groups -OCH3 is 1. The molecule has 4 nitrogen and oxygen atoms in total. The number of guanidine groups is 1. The average Bonchev–Trinajstić information content (AvgIpc) is 2.99. The number of likely N-dealkylation sites (tertiary alicyclic amines) is 1. The van der Waals surface area contributed by atoms with E-state index < -0.39 is 0 Å². The Morgan fingerprint density at radius 1 is 1.36 bits per heavy atom. The first-order valence-electron chi connectivity index (χ1n) is 8.27. The highest BCUT2D eigenvalue weighted by Crippen LogP contribution is 2.29. The molecule has 1 aliphatic heterocycles. The first-order valence-corrected chi connectivity index (χ1v) is 9.03. The van der Waals surface area contributed by atoms with Gasteiger partial charge in [0, 0.05) is 45.1 Å². The summed E-state index contributed by atoms with van der Waals surface area (Å²) in [5, 5.41) is 4.68. The SMILES string of the molecule is CN=C(NCC(C)(C)c1ccc(Cl)c(Cl)c1)N1CCC(COC)C1.I. The van der Waals surface area contributed by atoms with Gasteiger partial charge >= 0.3 is 0 Å². The maximum absolute atomic E-state index is 6.16. The van der Waals surface area contributed by atoms with Crippen molar-refractivity contribution in [3.63, 3.8) is 0 Å². The number of rotatable bonds is 5. The number of aliphatic imine (C=N–C) groups is 1. The lowest BCUT2D eigenvalue weighted by molar-refractivity contribution is 0.157. The van der Waals surface area contributed by atoms with Crippen molar-refractivity contribution in [2.75, 3.05) is 40.4 Å². The standard InChI is InChI=1S/C18H27Cl2N3O.HI/c1-18(2,14-5-6-15(19)16(20)9-14)12-22-17(21-3)23-8-7-13(10-23)11-24-4;/h5-6,9,13H,7-8,10-12H2,1-4H3,(H,21,22);1H. The van der Waals surface area contributed by atoms with Crippen LogP contribution < -0.4 is 5.32 Å². The molecule has 1 aromatic carbocycles. The first-order chi connectivity index (χ1) is 11.4. The predicted octanol–water partition coefficient (Wildman–Crippen LogP) is 4.43. The highest BCUT2D eigenvalue weighted by molar-refractivity contribution is 14.0. The van der Waals surface area contributed by atoms with E-state index in [2.05, 4.69) is 29.1 Å². The van der Waals surface area contributed by atoms with Gasteiger partial charge < -0.3 is 15.0 Å². The van der Waals surface area contributed by atoms with Gasteiger partial charge in [-0.3, -0.25) is 4.99 Å². The molecule has 0 aromatic heterocycles. The Bertz CT molecular complexity index is 596. The maximum atomic E-state index is 6.16. The van der Waals surface area contributed by atoms with E-state index in [0.717, 1.165) is 44.2 Å². The number of hydrogen-bond donors (Lipinski definition) is 1. The number of nitrogens with zero attached hydrogens (tertiary/aromatic N) is 2. The fraction of sp³-hybridized carbons (Fsp3) is 0.611. The van der Waals surface area contributed by atoms with Gasteiger partial charge in [-0.1, -0.05) is 43.1 Å². The van der Waals surface area contributed by atoms with Gasteiger partial charge in [0.15, 0.2) is 5.96 Å². The van der Waals surface area contributed by atoms with Crippen LogP contribution in [-0.4, -0.2) is 51.3 Å². The monoisotopic (exact) mass is 499 g/mol. The van der Waals surface area contributed by atoms with Gasteiger partial charge in [0.1, 0.15) is 0 Å². The molecule has 1 aliphatic rings. The summed E-state index contributed by atoms with van der Waals surface area (Å²) in [5.41, 5.74) is 1.06. The molecule has 2 rings (SSSR count). The van der Waals surface area contributed by atoms with Crippen molar-refractivity contribution in [3.05, 3.63) is 33.8 Å². The Kier molecular flexibility index (Phi) is 9.29. The molecular formula is C18H28Cl2IN3O. The minimum atomic E-state index is -0.0875. The summed E-state index contributed by atoms with van der Waals surface area (Å²) in [6.07, 6.45) is 1.14. The van der Waals surface area contributed by atoms with Crippen LogP contribution in [0.25, 0.3) is 0 Å². The Morgan fingerprint density at radius 3 is 2.68 bits per heavy atom. The lowest BCUT2D eigenvalue weighted by atomic mass is 9.84. The lowest BCUT2D eigenvalue weighted by Gasteiger charge is -2.29. The molecule has 0 radical (unpaired) electrons. The maximum Gasteiger partial charge on any atom is 0.193 e. The molecule has 0 aliphatic carbocycles. The Balaban J connectivity index is 0.00000312. The number of nitrogens with one attached hydrogen (secondary N) is 1. The molecule has 1 atom stereocenters. The molecule has 0 bridgehead atoms. The summed E-state index contributed by atoms with van der Waals surface area (Å²) in [4.78, 5) is 6.74. The third kappa shape index (κ3) is 6.15. The number of halogens is 3. The van der Waals surface area contributed by atoms with Crippen LogP contribution in [0.4, 0.5) is 0 Å². The van der Waals surface area contributed by atoms with E-state index in [-0.39, 0.29) is 29.4 Å². The van der Waals surface area contributed by atoms with Crippen molar-refractivity contribution < 1.29 is 4.74 Å². The van der Waals surface area contributed by atoms with Crippen molar-refractivity contribution in [2.45, 2.75) is 25.7 Å². The summed E-state index contributed by atoms with van der Waals surface area (Å²) >= 11 is 12.2. The van der Waals surface area contributed by atoms with Crippen LogP contribution in [0.2, 0.25) is 10.0 Å². The molecule has 0 amide bonds. The fourth-order valence-electron chi connectivity index (χ4n) is 3.05. The predicted molar refractivity (Wildman–Crippen MR) is 118 cm³/mol. The average molecular weight is 500 g/mol. The minimum absolute atomic E-state index is 0. The summed E-state index contributed by atoms with van der Waals surface area (Å²) in [6, 6.07) is 5.83. The third-order valence-electron chi connectivity index (χ3n) is 4.59. The van der Waals surface area contributed by atoms with E-state index in [1.165, 1.54) is 0 Å². The normalized spacial score (nSPS) is 18.2. The Labute approximate surface area is 178 Å². The largest absolute Gasteiger partial charge is 0.384 e. The second-order valence-corrected chi connectivity index (χ2v) is 7.78. The van der Waals surface area contributed by atoms with Gasteiger partial charge in [-0.25, -0.2) is 0 Å². The summed E-state index contributed by atoms with van der Waals surface area (Å²) in [7, 11) is 3.59. The molecule has 0 saturated carbocycles. The molecule has 1 heterocycles. The number of ether oxygens (including phenoxy) is 1. The molecule has 1 saturated heterocycles. The smallest absolute Gasteiger partial charge is 0.193 e. The third-order valence-corrected chi connectivity index (χ3v) is 5.33. The molecule has 1 aromatic rings. The summed E-state index contributed by atoms with van der Waals surface area (Å²) in [5.74, 6) is 1.53. The highest BCUT2D eigenvalue weighted by atomic mass is 127. The summed E-state index contributed by atoms with van der Waals surface area (Å²) < 4.78 is 5.27. The Hall–Kier alpha value is -0.240. The van der Waals surface area contributed by atoms with E-state index in [1.54, 1.807) is 7.11 Å². The van der Waals surface area contributed by atoms with E-state index in [1.807, 2.05) is 25.2 Å². The number of benzene rings is 1. The molecule has 25 heavy (non-hydrogen) atoms. The second kappa shape index (κ2) is 10.2. The quantitative estimate of drug-likeness (QED) is 0.370. The van der Waals surface area contributed by atoms with E-state index in [9.17, 15) is 0 Å². The van der Waals surface area contributed by atoms with Crippen LogP contribution in [0.15, 0.2) is 23.2 Å². The summed E-state index contributed by atoms with van der Waals surface area (Å²) in [6.45, 7) is 7.95. The van der Waals surface area contributed by atoms with Crippen molar-refractivity contribution in [1.82, 2.24) is 10.2 Å². The van der Waals surface area contributed by atoms with Crippen LogP contribution in [0.3, 0.4) is 0 Å². The van der Waals surface area contributed by atoms with Gasteiger partial charge in [0.25, 0.3) is 0 Å². The zero-order valence-corrected chi connectivity index (χ0v) is 19.2. The number of hydrogen-bond acceptors (Lipinski definition) is 2. The van der Waals surface area contributed by atoms with Crippen molar-refractivity contribution in [2.24, 2.45) is 10.9 Å². The molecule has 0 spiro atoms. The molecule has 1 fully saturated rings. The second-order valence-electron chi connectivity index (χ2n) is 6.97. The molecule has 7 heteroatoms. The van der Waals surface area contributed by atoms with Crippen molar-refractivity contribution >= 4 is 53.1 Å². The van der Waals surface area contributed by atoms with Gasteiger partial charge in [-0.05, 0) is 24.1 Å². The van der Waals surface area contributed by atoms with E-state index >= 15 is 0 Å². The van der Waals surface area contributed by atoms with Crippen LogP contribution >= 0.6 is 47.2 Å². The van der Waals surface area contributed by atoms with Gasteiger partial charge in [-0.15, -0.1) is 24.0 Å². The van der Waals surface area contributed by atoms with Gasteiger partial charge in [0.2, 0.25) is 0 Å². The lowest BCUT2D eigenvalue weighted by Crippen LogP contribution is -2.45. The van der Waals surface area contributed by atoms with Gasteiger partial charge in [0.05, 0.1) is 16.7 Å².